The minimum absolute atomic E-state index is 0.0740. The molecule has 1 unspecified atom stereocenters. The van der Waals surface area contributed by atoms with Crippen LogP contribution in [0.1, 0.15) is 37.8 Å². The number of hydrogen-bond acceptors (Lipinski definition) is 5. The highest BCUT2D eigenvalue weighted by molar-refractivity contribution is 8.18. The summed E-state index contributed by atoms with van der Waals surface area (Å²) >= 11 is 7.80. The fraction of sp³-hybridized carbons (Fsp3) is 0.360. The number of hydrogen-bond donors (Lipinski definition) is 1. The van der Waals surface area contributed by atoms with E-state index >= 15 is 0 Å². The van der Waals surface area contributed by atoms with E-state index in [4.69, 9.17) is 26.4 Å². The van der Waals surface area contributed by atoms with E-state index in [0.717, 1.165) is 23.4 Å². The first-order valence-electron chi connectivity index (χ1n) is 10.5. The van der Waals surface area contributed by atoms with Crippen LogP contribution in [0.2, 0.25) is 5.02 Å². The van der Waals surface area contributed by atoms with Crippen LogP contribution in [0, 0.1) is 5.92 Å². The first-order valence-corrected chi connectivity index (χ1v) is 11.7. The molecule has 0 amide bonds. The Bertz CT molecular complexity index is 956. The number of allylic oxidation sites excluding steroid dienone is 1. The van der Waals surface area contributed by atoms with Crippen LogP contribution in [-0.2, 0) is 11.2 Å². The lowest BCUT2D eigenvalue weighted by Gasteiger charge is -2.17. The third-order valence-corrected chi connectivity index (χ3v) is 6.38. The molecule has 2 aromatic rings. The number of benzene rings is 2. The number of ether oxygens (including phenoxy) is 1. The van der Waals surface area contributed by atoms with Gasteiger partial charge < -0.3 is 9.84 Å². The topological polar surface area (TPSA) is 58.9 Å². The monoisotopic (exact) mass is 457 g/mol. The Balaban J connectivity index is 1.86. The molecule has 1 saturated heterocycles. The summed E-state index contributed by atoms with van der Waals surface area (Å²) in [6.45, 7) is 4.24. The number of ketones is 1. The summed E-state index contributed by atoms with van der Waals surface area (Å²) in [7, 11) is 0. The van der Waals surface area contributed by atoms with Gasteiger partial charge in [0.1, 0.15) is 12.4 Å². The first-order chi connectivity index (χ1) is 15.0. The molecule has 0 saturated carbocycles. The van der Waals surface area contributed by atoms with Crippen LogP contribution in [0.15, 0.2) is 58.4 Å². The van der Waals surface area contributed by atoms with Gasteiger partial charge >= 0.3 is 0 Å². The lowest BCUT2D eigenvalue weighted by Crippen LogP contribution is -2.15. The highest BCUT2D eigenvalue weighted by Gasteiger charge is 2.27. The van der Waals surface area contributed by atoms with Crippen molar-refractivity contribution in [2.45, 2.75) is 39.2 Å². The Morgan fingerprint density at radius 1 is 1.26 bits per heavy atom. The van der Waals surface area contributed by atoms with E-state index in [1.807, 2.05) is 30.3 Å². The Morgan fingerprint density at radius 2 is 2.03 bits per heavy atom. The molecular formula is C25H28ClNO3S. The number of carbonyl (C=O) groups excluding carboxylic acids is 1. The molecular weight excluding hydrogens is 430 g/mol. The van der Waals surface area contributed by atoms with E-state index in [-0.39, 0.29) is 31.0 Å². The molecule has 1 aliphatic heterocycles. The highest BCUT2D eigenvalue weighted by atomic mass is 35.5. The Labute approximate surface area is 193 Å². The van der Waals surface area contributed by atoms with E-state index in [0.29, 0.717) is 22.1 Å². The van der Waals surface area contributed by atoms with Crippen molar-refractivity contribution >= 4 is 40.3 Å². The average molecular weight is 458 g/mol. The van der Waals surface area contributed by atoms with E-state index in [2.05, 4.69) is 26.0 Å². The highest BCUT2D eigenvalue weighted by Crippen LogP contribution is 2.35. The minimum Gasteiger partial charge on any atom is -0.490 e. The molecule has 31 heavy (non-hydrogen) atoms. The number of aliphatic imine (C=N–C) groups is 1. The van der Waals surface area contributed by atoms with Crippen molar-refractivity contribution in [1.82, 2.24) is 0 Å². The van der Waals surface area contributed by atoms with Crippen molar-refractivity contribution in [2.24, 2.45) is 10.9 Å². The van der Waals surface area contributed by atoms with Crippen molar-refractivity contribution in [3.63, 3.8) is 0 Å². The van der Waals surface area contributed by atoms with Crippen molar-refractivity contribution in [1.29, 1.82) is 0 Å². The molecule has 1 N–H and O–H groups in total. The van der Waals surface area contributed by atoms with E-state index < -0.39 is 0 Å². The molecule has 164 valence electrons. The SMILES string of the molecule is CC(C)N=C1S/C(=C\c2ccc(OCCO)c(Cl)c2)C(=O)CCC1Cc1ccccc1. The largest absolute Gasteiger partial charge is 0.490 e. The van der Waals surface area contributed by atoms with Crippen LogP contribution < -0.4 is 4.74 Å². The normalized spacial score (nSPS) is 19.8. The van der Waals surface area contributed by atoms with Crippen LogP contribution in [0.3, 0.4) is 0 Å². The van der Waals surface area contributed by atoms with Gasteiger partial charge in [-0.1, -0.05) is 59.8 Å². The van der Waals surface area contributed by atoms with Gasteiger partial charge in [0, 0.05) is 18.4 Å². The number of rotatable bonds is 7. The number of aliphatic hydroxyl groups is 1. The van der Waals surface area contributed by atoms with Crippen molar-refractivity contribution in [2.75, 3.05) is 13.2 Å². The molecule has 0 aromatic heterocycles. The molecule has 4 nitrogen and oxygen atoms in total. The van der Waals surface area contributed by atoms with Crippen LogP contribution in [-0.4, -0.2) is 35.2 Å². The first kappa shape index (κ1) is 23.6. The second-order valence-corrected chi connectivity index (χ2v) is 9.25. The quantitative estimate of drug-likeness (QED) is 0.532. The number of Topliss-reactive ketones (excluding diaryl/α,β-unsaturated/α-hetero) is 1. The van der Waals surface area contributed by atoms with Crippen molar-refractivity contribution < 1.29 is 14.6 Å². The van der Waals surface area contributed by atoms with Gasteiger partial charge in [0.2, 0.25) is 0 Å². The van der Waals surface area contributed by atoms with Gasteiger partial charge in [-0.2, -0.15) is 0 Å². The Morgan fingerprint density at radius 3 is 2.71 bits per heavy atom. The molecule has 1 aliphatic rings. The standard InChI is InChI=1S/C25H28ClNO3S/c1-17(2)27-25-20(14-18-6-4-3-5-7-18)9-10-22(29)24(31-25)16-19-8-11-23(21(26)15-19)30-13-12-28/h3-8,11,15-17,20,28H,9-10,12-14H2,1-2H3/b24-16-,27-25?. The summed E-state index contributed by atoms with van der Waals surface area (Å²) in [6, 6.07) is 15.9. The van der Waals surface area contributed by atoms with Gasteiger partial charge in [-0.05, 0) is 56.0 Å². The molecule has 1 atom stereocenters. The van der Waals surface area contributed by atoms with Gasteiger partial charge in [-0.15, -0.1) is 0 Å². The van der Waals surface area contributed by atoms with E-state index in [1.165, 1.54) is 17.3 Å². The van der Waals surface area contributed by atoms with Gasteiger partial charge in [-0.25, -0.2) is 0 Å². The maximum absolute atomic E-state index is 12.9. The van der Waals surface area contributed by atoms with E-state index in [9.17, 15) is 4.79 Å². The fourth-order valence-electron chi connectivity index (χ4n) is 3.42. The predicted octanol–water partition coefficient (Wildman–Crippen LogP) is 5.81. The molecule has 6 heteroatoms. The Hall–Kier alpha value is -2.08. The van der Waals surface area contributed by atoms with E-state index in [1.54, 1.807) is 12.1 Å². The zero-order chi connectivity index (χ0) is 22.2. The lowest BCUT2D eigenvalue weighted by molar-refractivity contribution is -0.115. The lowest BCUT2D eigenvalue weighted by atomic mass is 9.94. The molecule has 0 aliphatic carbocycles. The summed E-state index contributed by atoms with van der Waals surface area (Å²) < 4.78 is 5.41. The third-order valence-electron chi connectivity index (χ3n) is 4.87. The molecule has 0 spiro atoms. The summed E-state index contributed by atoms with van der Waals surface area (Å²) in [5.41, 5.74) is 2.09. The second kappa shape index (κ2) is 11.5. The summed E-state index contributed by atoms with van der Waals surface area (Å²) in [4.78, 5) is 18.5. The number of carbonyl (C=O) groups is 1. The Kier molecular flexibility index (Phi) is 8.76. The van der Waals surface area contributed by atoms with Crippen LogP contribution in [0.25, 0.3) is 6.08 Å². The van der Waals surface area contributed by atoms with Gasteiger partial charge in [-0.3, -0.25) is 9.79 Å². The third kappa shape index (κ3) is 6.96. The average Bonchev–Trinajstić information content (AvgIpc) is 2.88. The van der Waals surface area contributed by atoms with Crippen LogP contribution in [0.5, 0.6) is 5.75 Å². The number of nitrogens with zero attached hydrogens (tertiary/aromatic N) is 1. The number of thioether (sulfide) groups is 1. The van der Waals surface area contributed by atoms with Crippen molar-refractivity contribution in [3.05, 3.63) is 69.6 Å². The fourth-order valence-corrected chi connectivity index (χ4v) is 4.93. The summed E-state index contributed by atoms with van der Waals surface area (Å²) in [5.74, 6) is 0.874. The molecule has 2 aromatic carbocycles. The van der Waals surface area contributed by atoms with Crippen LogP contribution in [0.4, 0.5) is 0 Å². The summed E-state index contributed by atoms with van der Waals surface area (Å²) in [6.07, 6.45) is 4.05. The maximum atomic E-state index is 12.9. The number of halogens is 1. The molecule has 1 heterocycles. The minimum atomic E-state index is -0.0740. The van der Waals surface area contributed by atoms with Gasteiger partial charge in [0.05, 0.1) is 21.6 Å². The van der Waals surface area contributed by atoms with Gasteiger partial charge in [0.25, 0.3) is 0 Å². The molecule has 3 rings (SSSR count). The molecule has 0 bridgehead atoms. The van der Waals surface area contributed by atoms with Gasteiger partial charge in [0.15, 0.2) is 5.78 Å². The summed E-state index contributed by atoms with van der Waals surface area (Å²) in [5, 5.41) is 10.4. The number of aliphatic hydroxyl groups excluding tert-OH is 1. The smallest absolute Gasteiger partial charge is 0.169 e. The molecule has 0 radical (unpaired) electrons. The van der Waals surface area contributed by atoms with Crippen molar-refractivity contribution in [3.8, 4) is 5.75 Å². The predicted molar refractivity (Wildman–Crippen MR) is 130 cm³/mol. The molecule has 1 fully saturated rings. The zero-order valence-electron chi connectivity index (χ0n) is 17.9. The zero-order valence-corrected chi connectivity index (χ0v) is 19.5. The van der Waals surface area contributed by atoms with Crippen LogP contribution >= 0.6 is 23.4 Å². The second-order valence-electron chi connectivity index (χ2n) is 7.78. The maximum Gasteiger partial charge on any atom is 0.169 e.